The number of fused-ring (bicyclic) bond motifs is 1. The normalized spacial score (nSPS) is 25.3. The van der Waals surface area contributed by atoms with Gasteiger partial charge in [-0.05, 0) is 97.6 Å². The van der Waals surface area contributed by atoms with Gasteiger partial charge in [-0.15, -0.1) is 0 Å². The maximum Gasteiger partial charge on any atom is 0.306 e. The van der Waals surface area contributed by atoms with Crippen molar-refractivity contribution in [2.75, 3.05) is 4.90 Å². The number of benzene rings is 2. The predicted octanol–water partition coefficient (Wildman–Crippen LogP) is 7.16. The molecule has 1 unspecified atom stereocenters. The van der Waals surface area contributed by atoms with Crippen molar-refractivity contribution in [1.29, 1.82) is 0 Å². The molecule has 1 saturated carbocycles. The summed E-state index contributed by atoms with van der Waals surface area (Å²) in [4.78, 5) is 14.0. The van der Waals surface area contributed by atoms with E-state index < -0.39 is 5.97 Å². The summed E-state index contributed by atoms with van der Waals surface area (Å²) in [6.07, 6.45) is 6.35. The molecule has 3 aliphatic rings. The SMILES string of the molecule is Cc1cc(N2C(C(C)C)=C(C3CC(C(=O)O)C3)C3=CC(OCc4ccccc4)=CCC32C)ccc1F. The number of nitrogens with zero attached hydrogens (tertiary/aromatic N) is 1. The number of carboxylic acid groups (broad SMARTS) is 1. The second kappa shape index (κ2) is 9.27. The highest BCUT2D eigenvalue weighted by atomic mass is 19.1. The molecule has 0 radical (unpaired) electrons. The van der Waals surface area contributed by atoms with Gasteiger partial charge < -0.3 is 14.7 Å². The molecule has 0 spiro atoms. The van der Waals surface area contributed by atoms with E-state index in [2.05, 4.69) is 50.0 Å². The highest BCUT2D eigenvalue weighted by Gasteiger charge is 2.52. The third-order valence-corrected chi connectivity index (χ3v) is 7.96. The fourth-order valence-electron chi connectivity index (χ4n) is 5.96. The first-order valence-corrected chi connectivity index (χ1v) is 12.8. The van der Waals surface area contributed by atoms with Crippen LogP contribution in [0.25, 0.3) is 0 Å². The van der Waals surface area contributed by atoms with Gasteiger partial charge in [-0.1, -0.05) is 44.2 Å². The maximum absolute atomic E-state index is 14.2. The molecule has 5 heteroatoms. The van der Waals surface area contributed by atoms with Gasteiger partial charge in [-0.3, -0.25) is 4.79 Å². The van der Waals surface area contributed by atoms with Gasteiger partial charge >= 0.3 is 5.97 Å². The predicted molar refractivity (Wildman–Crippen MR) is 140 cm³/mol. The van der Waals surface area contributed by atoms with Gasteiger partial charge in [0.25, 0.3) is 0 Å². The second-order valence-electron chi connectivity index (χ2n) is 10.8. The lowest BCUT2D eigenvalue weighted by atomic mass is 9.66. The van der Waals surface area contributed by atoms with E-state index in [1.54, 1.807) is 13.0 Å². The number of hydrogen-bond acceptors (Lipinski definition) is 3. The Morgan fingerprint density at radius 1 is 1.19 bits per heavy atom. The molecule has 1 heterocycles. The number of rotatable bonds is 7. The monoisotopic (exact) mass is 487 g/mol. The van der Waals surface area contributed by atoms with E-state index in [4.69, 9.17) is 4.74 Å². The van der Waals surface area contributed by atoms with E-state index in [9.17, 15) is 14.3 Å². The highest BCUT2D eigenvalue weighted by molar-refractivity contribution is 5.74. The largest absolute Gasteiger partial charge is 0.489 e. The number of carbonyl (C=O) groups is 1. The molecule has 1 fully saturated rings. The van der Waals surface area contributed by atoms with Crippen molar-refractivity contribution in [2.24, 2.45) is 17.8 Å². The van der Waals surface area contributed by atoms with E-state index in [0.717, 1.165) is 23.4 Å². The number of halogens is 1. The average molecular weight is 488 g/mol. The second-order valence-corrected chi connectivity index (χ2v) is 10.8. The number of anilines is 1. The van der Waals surface area contributed by atoms with Gasteiger partial charge in [-0.25, -0.2) is 4.39 Å². The number of hydrogen-bond donors (Lipinski definition) is 1. The lowest BCUT2D eigenvalue weighted by Crippen LogP contribution is -2.45. The lowest BCUT2D eigenvalue weighted by Gasteiger charge is -2.42. The topological polar surface area (TPSA) is 49.8 Å². The summed E-state index contributed by atoms with van der Waals surface area (Å²) in [5.74, 6) is 0.0306. The van der Waals surface area contributed by atoms with Gasteiger partial charge in [0.2, 0.25) is 0 Å². The lowest BCUT2D eigenvalue weighted by molar-refractivity contribution is -0.145. The minimum absolute atomic E-state index is 0.189. The quantitative estimate of drug-likeness (QED) is 0.450. The Morgan fingerprint density at radius 2 is 1.92 bits per heavy atom. The molecule has 2 aromatic carbocycles. The smallest absolute Gasteiger partial charge is 0.306 e. The fraction of sp³-hybridized carbons (Fsp3) is 0.387. The number of ether oxygens (including phenoxy) is 1. The van der Waals surface area contributed by atoms with Crippen LogP contribution in [0.5, 0.6) is 0 Å². The van der Waals surface area contributed by atoms with Crippen LogP contribution in [0.2, 0.25) is 0 Å². The molecule has 0 saturated heterocycles. The first-order chi connectivity index (χ1) is 17.2. The molecule has 0 aromatic heterocycles. The first kappa shape index (κ1) is 24.4. The first-order valence-electron chi connectivity index (χ1n) is 12.8. The minimum atomic E-state index is -0.714. The highest BCUT2D eigenvalue weighted by Crippen LogP contribution is 2.56. The van der Waals surface area contributed by atoms with Crippen molar-refractivity contribution in [3.05, 3.63) is 100 Å². The van der Waals surface area contributed by atoms with Gasteiger partial charge in [0, 0.05) is 11.4 Å². The van der Waals surface area contributed by atoms with Crippen molar-refractivity contribution < 1.29 is 19.0 Å². The standard InChI is InChI=1S/C31H34FNO3/c1-19(2)29-28(22-15-23(16-22)30(34)35)26-17-25(36-18-21-8-6-5-7-9-21)12-13-31(26,4)33(29)24-10-11-27(32)20(3)14-24/h5-12,14,17,19,22-23H,13,15-16,18H2,1-4H3,(H,34,35). The van der Waals surface area contributed by atoms with Crippen LogP contribution in [-0.4, -0.2) is 16.6 Å². The summed E-state index contributed by atoms with van der Waals surface area (Å²) in [5.41, 5.74) is 6.01. The third-order valence-electron chi connectivity index (χ3n) is 7.96. The van der Waals surface area contributed by atoms with Crippen LogP contribution >= 0.6 is 0 Å². The van der Waals surface area contributed by atoms with Crippen LogP contribution in [0.4, 0.5) is 10.1 Å². The van der Waals surface area contributed by atoms with Crippen molar-refractivity contribution >= 4 is 11.7 Å². The van der Waals surface area contributed by atoms with Crippen LogP contribution in [-0.2, 0) is 16.1 Å². The van der Waals surface area contributed by atoms with Crippen molar-refractivity contribution in [3.63, 3.8) is 0 Å². The molecule has 2 aromatic rings. The number of allylic oxidation sites excluding steroid dienone is 2. The summed E-state index contributed by atoms with van der Waals surface area (Å²) in [5, 5.41) is 9.55. The minimum Gasteiger partial charge on any atom is -0.489 e. The molecule has 1 atom stereocenters. The van der Waals surface area contributed by atoms with Gasteiger partial charge in [-0.2, -0.15) is 0 Å². The Hall–Kier alpha value is -3.34. The van der Waals surface area contributed by atoms with Gasteiger partial charge in [0.05, 0.1) is 11.5 Å². The molecule has 2 aliphatic carbocycles. The van der Waals surface area contributed by atoms with E-state index in [-0.39, 0.29) is 29.1 Å². The molecule has 0 amide bonds. The zero-order chi connectivity index (χ0) is 25.6. The zero-order valence-electron chi connectivity index (χ0n) is 21.4. The summed E-state index contributed by atoms with van der Waals surface area (Å²) in [6, 6.07) is 15.5. The van der Waals surface area contributed by atoms with Crippen LogP contribution in [0.15, 0.2) is 83.3 Å². The molecule has 4 nitrogen and oxygen atoms in total. The molecule has 1 N–H and O–H groups in total. The third kappa shape index (κ3) is 4.15. The molecular formula is C31H34FNO3. The summed E-state index contributed by atoms with van der Waals surface area (Å²) < 4.78 is 20.4. The molecule has 5 rings (SSSR count). The maximum atomic E-state index is 14.2. The summed E-state index contributed by atoms with van der Waals surface area (Å²) in [7, 11) is 0. The fourth-order valence-corrected chi connectivity index (χ4v) is 5.96. The Bertz CT molecular complexity index is 1270. The summed E-state index contributed by atoms with van der Waals surface area (Å²) in [6.45, 7) is 8.91. The Kier molecular flexibility index (Phi) is 6.27. The van der Waals surface area contributed by atoms with Crippen LogP contribution in [0, 0.1) is 30.5 Å². The summed E-state index contributed by atoms with van der Waals surface area (Å²) >= 11 is 0. The van der Waals surface area contributed by atoms with E-state index in [1.165, 1.54) is 16.8 Å². The van der Waals surface area contributed by atoms with Crippen LogP contribution in [0.1, 0.15) is 51.2 Å². The molecule has 0 bridgehead atoms. The van der Waals surface area contributed by atoms with E-state index >= 15 is 0 Å². The molecular weight excluding hydrogens is 453 g/mol. The molecule has 36 heavy (non-hydrogen) atoms. The van der Waals surface area contributed by atoms with E-state index in [0.29, 0.717) is 25.0 Å². The van der Waals surface area contributed by atoms with E-state index in [1.807, 2.05) is 30.3 Å². The molecule has 1 aliphatic heterocycles. The Balaban J connectivity index is 1.57. The Labute approximate surface area is 212 Å². The number of aryl methyl sites for hydroxylation is 1. The van der Waals surface area contributed by atoms with Gasteiger partial charge in [0.1, 0.15) is 18.2 Å². The van der Waals surface area contributed by atoms with Crippen molar-refractivity contribution in [1.82, 2.24) is 0 Å². The van der Waals surface area contributed by atoms with Crippen LogP contribution < -0.4 is 4.90 Å². The number of carboxylic acids is 1. The van der Waals surface area contributed by atoms with Gasteiger partial charge in [0.15, 0.2) is 0 Å². The van der Waals surface area contributed by atoms with Crippen LogP contribution in [0.3, 0.4) is 0 Å². The zero-order valence-corrected chi connectivity index (χ0v) is 21.4. The number of aliphatic carboxylic acids is 1. The van der Waals surface area contributed by atoms with Crippen molar-refractivity contribution in [2.45, 2.75) is 59.1 Å². The Morgan fingerprint density at radius 3 is 2.56 bits per heavy atom. The molecule has 188 valence electrons. The average Bonchev–Trinajstić information content (AvgIpc) is 3.08. The van der Waals surface area contributed by atoms with Crippen molar-refractivity contribution in [3.8, 4) is 0 Å².